The number of ether oxygens (including phenoxy) is 2. The zero-order valence-corrected chi connectivity index (χ0v) is 10.4. The number of alkyl halides is 3. The Morgan fingerprint density at radius 3 is 2.65 bits per heavy atom. The molecule has 1 aromatic carbocycles. The van der Waals surface area contributed by atoms with Crippen LogP contribution in [0.4, 0.5) is 13.2 Å². The predicted molar refractivity (Wildman–Crippen MR) is 64.4 cm³/mol. The fourth-order valence-corrected chi connectivity index (χ4v) is 1.62. The number of halogens is 3. The summed E-state index contributed by atoms with van der Waals surface area (Å²) in [5, 5.41) is 0.430. The highest BCUT2D eigenvalue weighted by Crippen LogP contribution is 2.26. The number of fused-ring (bicyclic) bond motifs is 1. The summed E-state index contributed by atoms with van der Waals surface area (Å²) in [5.74, 6) is -0.916. The number of hydrogen-bond acceptors (Lipinski definition) is 4. The number of rotatable bonds is 3. The van der Waals surface area contributed by atoms with Gasteiger partial charge in [-0.2, -0.15) is 0 Å². The summed E-state index contributed by atoms with van der Waals surface area (Å²) in [5.41, 5.74) is 0.480. The highest BCUT2D eigenvalue weighted by Gasteiger charge is 2.31. The summed E-state index contributed by atoms with van der Waals surface area (Å²) in [6.45, 7) is 1.89. The van der Waals surface area contributed by atoms with Crippen LogP contribution >= 0.6 is 0 Å². The Hall–Kier alpha value is -2.31. The molecule has 0 aliphatic heterocycles. The van der Waals surface area contributed by atoms with Crippen molar-refractivity contribution in [2.24, 2.45) is 0 Å². The van der Waals surface area contributed by atoms with Crippen molar-refractivity contribution >= 4 is 16.9 Å². The molecule has 0 aliphatic rings. The molecule has 0 fully saturated rings. The number of carbonyl (C=O) groups excluding carboxylic acids is 1. The first-order chi connectivity index (χ1) is 9.39. The van der Waals surface area contributed by atoms with Crippen molar-refractivity contribution in [2.75, 3.05) is 6.61 Å². The van der Waals surface area contributed by atoms with E-state index in [9.17, 15) is 18.0 Å². The van der Waals surface area contributed by atoms with Crippen LogP contribution in [0, 0.1) is 0 Å². The first-order valence-corrected chi connectivity index (χ1v) is 5.73. The number of hydrogen-bond donors (Lipinski definition) is 0. The number of pyridine rings is 1. The molecule has 0 unspecified atom stereocenters. The summed E-state index contributed by atoms with van der Waals surface area (Å²) in [6, 6.07) is 6.55. The second-order valence-corrected chi connectivity index (χ2v) is 3.82. The molecule has 2 aromatic rings. The summed E-state index contributed by atoms with van der Waals surface area (Å²) in [7, 11) is 0. The minimum atomic E-state index is -4.74. The third-order valence-electron chi connectivity index (χ3n) is 2.38. The summed E-state index contributed by atoms with van der Waals surface area (Å²) in [6.07, 6.45) is -4.74. The molecule has 0 saturated carbocycles. The van der Waals surface area contributed by atoms with Crippen molar-refractivity contribution in [1.82, 2.24) is 4.98 Å². The Morgan fingerprint density at radius 1 is 1.25 bits per heavy atom. The van der Waals surface area contributed by atoms with Crippen molar-refractivity contribution in [2.45, 2.75) is 13.3 Å². The van der Waals surface area contributed by atoms with E-state index in [1.807, 2.05) is 0 Å². The van der Waals surface area contributed by atoms with Gasteiger partial charge in [0.15, 0.2) is 0 Å². The van der Waals surface area contributed by atoms with Gasteiger partial charge in [0.2, 0.25) is 0 Å². The lowest BCUT2D eigenvalue weighted by atomic mass is 10.2. The molecule has 0 bridgehead atoms. The SMILES string of the molecule is CCOC(=O)c1ccc2cc(OC(F)(F)F)ccc2n1. The Bertz CT molecular complexity index is 640. The number of aromatic nitrogens is 1. The van der Waals surface area contributed by atoms with Crippen LogP contribution < -0.4 is 4.74 Å². The van der Waals surface area contributed by atoms with Crippen LogP contribution in [0.15, 0.2) is 30.3 Å². The largest absolute Gasteiger partial charge is 0.573 e. The van der Waals surface area contributed by atoms with Crippen molar-refractivity contribution < 1.29 is 27.4 Å². The molecule has 4 nitrogen and oxygen atoms in total. The lowest BCUT2D eigenvalue weighted by Gasteiger charge is -2.09. The smallest absolute Gasteiger partial charge is 0.461 e. The van der Waals surface area contributed by atoms with Gasteiger partial charge in [-0.1, -0.05) is 6.07 Å². The third-order valence-corrected chi connectivity index (χ3v) is 2.38. The molecule has 7 heteroatoms. The van der Waals surface area contributed by atoms with Gasteiger partial charge in [0.25, 0.3) is 0 Å². The number of carbonyl (C=O) groups is 1. The van der Waals surface area contributed by atoms with Crippen LogP contribution in [-0.4, -0.2) is 23.9 Å². The minimum absolute atomic E-state index is 0.101. The molecule has 2 rings (SSSR count). The minimum Gasteiger partial charge on any atom is -0.461 e. The Labute approximate surface area is 112 Å². The van der Waals surface area contributed by atoms with E-state index in [0.29, 0.717) is 10.9 Å². The molecule has 1 heterocycles. The Balaban J connectivity index is 2.32. The number of nitrogens with zero attached hydrogens (tertiary/aromatic N) is 1. The van der Waals surface area contributed by atoms with Crippen molar-refractivity contribution in [3.63, 3.8) is 0 Å². The molecule has 0 saturated heterocycles. The standard InChI is InChI=1S/C13H10F3NO3/c1-2-19-12(18)11-5-3-8-7-9(20-13(14,15)16)4-6-10(8)17-11/h3-7H,2H2,1H3. The van der Waals surface area contributed by atoms with E-state index in [4.69, 9.17) is 4.74 Å². The average Bonchev–Trinajstić information content (AvgIpc) is 2.36. The van der Waals surface area contributed by atoms with Crippen LogP contribution in [0.1, 0.15) is 17.4 Å². The van der Waals surface area contributed by atoms with E-state index >= 15 is 0 Å². The lowest BCUT2D eigenvalue weighted by Crippen LogP contribution is -2.17. The molecular weight excluding hydrogens is 275 g/mol. The van der Waals surface area contributed by atoms with Crippen molar-refractivity contribution in [3.05, 3.63) is 36.0 Å². The lowest BCUT2D eigenvalue weighted by molar-refractivity contribution is -0.274. The van der Waals surface area contributed by atoms with Gasteiger partial charge >= 0.3 is 12.3 Å². The quantitative estimate of drug-likeness (QED) is 0.812. The van der Waals surface area contributed by atoms with Crippen LogP contribution in [0.25, 0.3) is 10.9 Å². The van der Waals surface area contributed by atoms with Gasteiger partial charge in [0.05, 0.1) is 12.1 Å². The highest BCUT2D eigenvalue weighted by atomic mass is 19.4. The molecular formula is C13H10F3NO3. The molecule has 0 aliphatic carbocycles. The van der Waals surface area contributed by atoms with E-state index in [1.165, 1.54) is 24.3 Å². The molecule has 0 radical (unpaired) electrons. The van der Waals surface area contributed by atoms with Crippen LogP contribution in [0.5, 0.6) is 5.75 Å². The molecule has 1 aromatic heterocycles. The maximum Gasteiger partial charge on any atom is 0.573 e. The predicted octanol–water partition coefficient (Wildman–Crippen LogP) is 3.31. The van der Waals surface area contributed by atoms with Gasteiger partial charge < -0.3 is 9.47 Å². The molecule has 0 atom stereocenters. The third kappa shape index (κ3) is 3.37. The van der Waals surface area contributed by atoms with Crippen molar-refractivity contribution in [3.8, 4) is 5.75 Å². The molecule has 0 spiro atoms. The summed E-state index contributed by atoms with van der Waals surface area (Å²) < 4.78 is 44.9. The number of benzene rings is 1. The second kappa shape index (κ2) is 5.36. The van der Waals surface area contributed by atoms with E-state index in [1.54, 1.807) is 6.92 Å². The fourth-order valence-electron chi connectivity index (χ4n) is 1.62. The highest BCUT2D eigenvalue weighted by molar-refractivity contribution is 5.91. The maximum atomic E-state index is 12.1. The zero-order valence-electron chi connectivity index (χ0n) is 10.4. The fraction of sp³-hybridized carbons (Fsp3) is 0.231. The number of esters is 1. The summed E-state index contributed by atoms with van der Waals surface area (Å²) in [4.78, 5) is 15.5. The Morgan fingerprint density at radius 2 is 2.00 bits per heavy atom. The Kier molecular flexibility index (Phi) is 3.78. The van der Waals surface area contributed by atoms with E-state index in [-0.39, 0.29) is 18.1 Å². The molecule has 0 N–H and O–H groups in total. The second-order valence-electron chi connectivity index (χ2n) is 3.82. The molecule has 0 amide bonds. The van der Waals surface area contributed by atoms with Crippen LogP contribution in [0.2, 0.25) is 0 Å². The van der Waals surface area contributed by atoms with Gasteiger partial charge in [-0.25, -0.2) is 9.78 Å². The van der Waals surface area contributed by atoms with Gasteiger partial charge in [-0.05, 0) is 31.2 Å². The normalized spacial score (nSPS) is 11.4. The maximum absolute atomic E-state index is 12.1. The van der Waals surface area contributed by atoms with Crippen molar-refractivity contribution in [1.29, 1.82) is 0 Å². The van der Waals surface area contributed by atoms with Crippen LogP contribution in [0.3, 0.4) is 0 Å². The van der Waals surface area contributed by atoms with Gasteiger partial charge in [-0.15, -0.1) is 13.2 Å². The van der Waals surface area contributed by atoms with Gasteiger partial charge in [0.1, 0.15) is 11.4 Å². The molecule has 106 valence electrons. The van der Waals surface area contributed by atoms with E-state index < -0.39 is 12.3 Å². The monoisotopic (exact) mass is 285 g/mol. The summed E-state index contributed by atoms with van der Waals surface area (Å²) >= 11 is 0. The topological polar surface area (TPSA) is 48.4 Å². The van der Waals surface area contributed by atoms with Gasteiger partial charge in [-0.3, -0.25) is 0 Å². The van der Waals surface area contributed by atoms with E-state index in [0.717, 1.165) is 6.07 Å². The zero-order chi connectivity index (χ0) is 14.8. The molecule has 20 heavy (non-hydrogen) atoms. The first kappa shape index (κ1) is 14.1. The first-order valence-electron chi connectivity index (χ1n) is 5.73. The van der Waals surface area contributed by atoms with E-state index in [2.05, 4.69) is 9.72 Å². The van der Waals surface area contributed by atoms with Gasteiger partial charge in [0, 0.05) is 5.39 Å². The average molecular weight is 285 g/mol. The van der Waals surface area contributed by atoms with Crippen LogP contribution in [-0.2, 0) is 4.74 Å².